The van der Waals surface area contributed by atoms with Crippen molar-refractivity contribution in [1.82, 2.24) is 9.97 Å². The van der Waals surface area contributed by atoms with Gasteiger partial charge in [0.2, 0.25) is 0 Å². The zero-order valence-electron chi connectivity index (χ0n) is 13.4. The summed E-state index contributed by atoms with van der Waals surface area (Å²) in [6.45, 7) is 9.18. The van der Waals surface area contributed by atoms with E-state index >= 15 is 0 Å². The molecule has 2 rings (SSSR count). The molecule has 2 atom stereocenters. The Morgan fingerprint density at radius 2 is 2.24 bits per heavy atom. The van der Waals surface area contributed by atoms with Crippen LogP contribution in [0.25, 0.3) is 0 Å². The van der Waals surface area contributed by atoms with Crippen molar-refractivity contribution in [3.8, 4) is 0 Å². The third-order valence-corrected chi connectivity index (χ3v) is 3.90. The maximum absolute atomic E-state index is 9.92. The van der Waals surface area contributed by atoms with Crippen molar-refractivity contribution in [3.05, 3.63) is 12.4 Å². The van der Waals surface area contributed by atoms with Crippen LogP contribution in [0.15, 0.2) is 12.4 Å². The van der Waals surface area contributed by atoms with Crippen LogP contribution in [0.1, 0.15) is 40.0 Å². The first-order chi connectivity index (χ1) is 10.0. The minimum absolute atomic E-state index is 0.335. The molecule has 0 amide bonds. The van der Waals surface area contributed by atoms with E-state index in [1.165, 1.54) is 12.8 Å². The molecular formula is C16H28N4O. The molecule has 2 N–H and O–H groups in total. The van der Waals surface area contributed by atoms with Crippen LogP contribution in [0.2, 0.25) is 0 Å². The lowest BCUT2D eigenvalue weighted by molar-refractivity contribution is 0.161. The summed E-state index contributed by atoms with van der Waals surface area (Å²) in [4.78, 5) is 11.0. The molecule has 1 aliphatic rings. The second-order valence-electron chi connectivity index (χ2n) is 6.62. The molecule has 21 heavy (non-hydrogen) atoms. The molecule has 2 unspecified atom stereocenters. The van der Waals surface area contributed by atoms with Crippen LogP contribution in [0, 0.1) is 11.8 Å². The molecule has 0 bridgehead atoms. The van der Waals surface area contributed by atoms with Crippen molar-refractivity contribution in [2.45, 2.75) is 46.1 Å². The highest BCUT2D eigenvalue weighted by atomic mass is 16.3. The van der Waals surface area contributed by atoms with E-state index in [-0.39, 0.29) is 6.10 Å². The van der Waals surface area contributed by atoms with Crippen molar-refractivity contribution in [2.24, 2.45) is 11.8 Å². The lowest BCUT2D eigenvalue weighted by atomic mass is 10.0. The lowest BCUT2D eigenvalue weighted by Gasteiger charge is -2.31. The topological polar surface area (TPSA) is 61.3 Å². The van der Waals surface area contributed by atoms with Crippen LogP contribution in [-0.2, 0) is 0 Å². The van der Waals surface area contributed by atoms with Crippen molar-refractivity contribution in [1.29, 1.82) is 0 Å². The Labute approximate surface area is 127 Å². The van der Waals surface area contributed by atoms with E-state index in [4.69, 9.17) is 0 Å². The standard InChI is InChI=1S/C16H28N4O/c1-12(2)7-14(21)9-17-15-8-16(19-11-18-15)20-6-4-5-13(3)10-20/h8,11-14,21H,4-7,9-10H2,1-3H3,(H,17,18,19). The maximum Gasteiger partial charge on any atom is 0.134 e. The number of nitrogens with one attached hydrogen (secondary N) is 1. The van der Waals surface area contributed by atoms with Crippen LogP contribution in [0.4, 0.5) is 11.6 Å². The number of anilines is 2. The number of aromatic nitrogens is 2. The van der Waals surface area contributed by atoms with Gasteiger partial charge in [0.05, 0.1) is 6.10 Å². The summed E-state index contributed by atoms with van der Waals surface area (Å²) in [7, 11) is 0. The van der Waals surface area contributed by atoms with Crippen LogP contribution in [-0.4, -0.2) is 40.8 Å². The summed E-state index contributed by atoms with van der Waals surface area (Å²) in [5, 5.41) is 13.1. The fourth-order valence-corrected chi connectivity index (χ4v) is 2.86. The highest BCUT2D eigenvalue weighted by molar-refractivity contribution is 5.48. The van der Waals surface area contributed by atoms with Gasteiger partial charge in [-0.3, -0.25) is 0 Å². The average Bonchev–Trinajstić information content (AvgIpc) is 2.45. The summed E-state index contributed by atoms with van der Waals surface area (Å²) in [6, 6.07) is 1.99. The average molecular weight is 292 g/mol. The van der Waals surface area contributed by atoms with Gasteiger partial charge in [0.25, 0.3) is 0 Å². The highest BCUT2D eigenvalue weighted by Crippen LogP contribution is 2.22. The summed E-state index contributed by atoms with van der Waals surface area (Å²) in [6.07, 6.45) is 4.59. The van der Waals surface area contributed by atoms with E-state index in [1.807, 2.05) is 6.07 Å². The van der Waals surface area contributed by atoms with Gasteiger partial charge in [-0.25, -0.2) is 9.97 Å². The van der Waals surface area contributed by atoms with E-state index < -0.39 is 0 Å². The zero-order valence-corrected chi connectivity index (χ0v) is 13.4. The normalized spacial score (nSPS) is 20.6. The van der Waals surface area contributed by atoms with Crippen LogP contribution in [0.3, 0.4) is 0 Å². The quantitative estimate of drug-likeness (QED) is 0.843. The lowest BCUT2D eigenvalue weighted by Crippen LogP contribution is -2.34. The predicted molar refractivity (Wildman–Crippen MR) is 86.6 cm³/mol. The summed E-state index contributed by atoms with van der Waals surface area (Å²) >= 11 is 0. The number of hydrogen-bond donors (Lipinski definition) is 2. The van der Waals surface area contributed by atoms with Crippen molar-refractivity contribution in [2.75, 3.05) is 29.9 Å². The Bertz CT molecular complexity index is 438. The van der Waals surface area contributed by atoms with Gasteiger partial charge >= 0.3 is 0 Å². The van der Waals surface area contributed by atoms with Crippen LogP contribution >= 0.6 is 0 Å². The summed E-state index contributed by atoms with van der Waals surface area (Å²) in [5.74, 6) is 2.99. The molecule has 1 aromatic heterocycles. The van der Waals surface area contributed by atoms with Gasteiger partial charge in [-0.2, -0.15) is 0 Å². The molecule has 1 aromatic rings. The van der Waals surface area contributed by atoms with E-state index in [2.05, 4.69) is 41.0 Å². The summed E-state index contributed by atoms with van der Waals surface area (Å²) in [5.41, 5.74) is 0. The van der Waals surface area contributed by atoms with Crippen LogP contribution < -0.4 is 10.2 Å². The van der Waals surface area contributed by atoms with E-state index in [9.17, 15) is 5.11 Å². The number of aliphatic hydroxyl groups is 1. The van der Waals surface area contributed by atoms with Gasteiger partial charge in [-0.1, -0.05) is 20.8 Å². The van der Waals surface area contributed by atoms with Crippen molar-refractivity contribution < 1.29 is 5.11 Å². The number of hydrogen-bond acceptors (Lipinski definition) is 5. The molecule has 0 aliphatic carbocycles. The smallest absolute Gasteiger partial charge is 0.134 e. The molecule has 0 aromatic carbocycles. The van der Waals surface area contributed by atoms with Gasteiger partial charge in [0, 0.05) is 25.7 Å². The Morgan fingerprint density at radius 3 is 2.95 bits per heavy atom. The van der Waals surface area contributed by atoms with E-state index in [0.717, 1.165) is 37.1 Å². The number of rotatable bonds is 6. The molecule has 2 heterocycles. The molecule has 1 aliphatic heterocycles. The van der Waals surface area contributed by atoms with Crippen molar-refractivity contribution in [3.63, 3.8) is 0 Å². The first kappa shape index (κ1) is 16.0. The molecule has 5 heteroatoms. The first-order valence-electron chi connectivity index (χ1n) is 8.03. The number of aliphatic hydroxyl groups excluding tert-OH is 1. The van der Waals surface area contributed by atoms with Gasteiger partial charge in [0.15, 0.2) is 0 Å². The SMILES string of the molecule is CC(C)CC(O)CNc1cc(N2CCCC(C)C2)ncn1. The monoisotopic (exact) mass is 292 g/mol. The fraction of sp³-hybridized carbons (Fsp3) is 0.750. The fourth-order valence-electron chi connectivity index (χ4n) is 2.86. The summed E-state index contributed by atoms with van der Waals surface area (Å²) < 4.78 is 0. The van der Waals surface area contributed by atoms with E-state index in [0.29, 0.717) is 12.5 Å². The Kier molecular flexibility index (Phi) is 5.79. The zero-order chi connectivity index (χ0) is 15.2. The Morgan fingerprint density at radius 1 is 1.43 bits per heavy atom. The third kappa shape index (κ3) is 5.16. The molecular weight excluding hydrogens is 264 g/mol. The largest absolute Gasteiger partial charge is 0.391 e. The molecule has 0 spiro atoms. The molecule has 0 radical (unpaired) electrons. The maximum atomic E-state index is 9.92. The number of nitrogens with zero attached hydrogens (tertiary/aromatic N) is 3. The van der Waals surface area contributed by atoms with Crippen LogP contribution in [0.5, 0.6) is 0 Å². The van der Waals surface area contributed by atoms with Gasteiger partial charge in [0.1, 0.15) is 18.0 Å². The molecule has 5 nitrogen and oxygen atoms in total. The van der Waals surface area contributed by atoms with Crippen molar-refractivity contribution >= 4 is 11.6 Å². The van der Waals surface area contributed by atoms with E-state index in [1.54, 1.807) is 6.33 Å². The second-order valence-corrected chi connectivity index (χ2v) is 6.62. The Balaban J connectivity index is 1.91. The minimum Gasteiger partial charge on any atom is -0.391 e. The predicted octanol–water partition coefficient (Wildman–Crippen LogP) is 2.53. The third-order valence-electron chi connectivity index (χ3n) is 3.90. The number of piperidine rings is 1. The molecule has 0 saturated carbocycles. The molecule has 1 saturated heterocycles. The van der Waals surface area contributed by atoms with Gasteiger partial charge < -0.3 is 15.3 Å². The van der Waals surface area contributed by atoms with Gasteiger partial charge in [-0.15, -0.1) is 0 Å². The Hall–Kier alpha value is -1.36. The first-order valence-corrected chi connectivity index (χ1v) is 8.03. The highest BCUT2D eigenvalue weighted by Gasteiger charge is 2.18. The van der Waals surface area contributed by atoms with Gasteiger partial charge in [-0.05, 0) is 31.1 Å². The second kappa shape index (κ2) is 7.59. The molecule has 118 valence electrons. The molecule has 1 fully saturated rings. The minimum atomic E-state index is -0.335.